The quantitative estimate of drug-likeness (QED) is 0.673. The van der Waals surface area contributed by atoms with Gasteiger partial charge in [-0.15, -0.1) is 12.4 Å². The Bertz CT molecular complexity index is 752. The van der Waals surface area contributed by atoms with Crippen LogP contribution in [-0.4, -0.2) is 68.0 Å². The number of carbonyl (C=O) groups excluding carboxylic acids is 2. The van der Waals surface area contributed by atoms with Gasteiger partial charge in [-0.25, -0.2) is 4.39 Å². The molecule has 0 aliphatic carbocycles. The average Bonchev–Trinajstić information content (AvgIpc) is 2.86. The zero-order valence-corrected chi connectivity index (χ0v) is 17.4. The minimum atomic E-state index is -0.350. The molecule has 6 nitrogen and oxygen atoms in total. The lowest BCUT2D eigenvalue weighted by Crippen LogP contribution is -2.47. The van der Waals surface area contributed by atoms with Crippen LogP contribution in [0.2, 0.25) is 0 Å². The molecule has 0 aromatic heterocycles. The second kappa shape index (κ2) is 9.39. The molecule has 1 fully saturated rings. The van der Waals surface area contributed by atoms with E-state index in [-0.39, 0.29) is 35.8 Å². The maximum absolute atomic E-state index is 13.9. The lowest BCUT2D eigenvalue weighted by molar-refractivity contribution is -0.137. The van der Waals surface area contributed by atoms with E-state index in [1.165, 1.54) is 18.1 Å². The molecule has 154 valence electrons. The fourth-order valence-corrected chi connectivity index (χ4v) is 3.63. The van der Waals surface area contributed by atoms with Crippen LogP contribution in [0.25, 0.3) is 0 Å². The Balaban J connectivity index is 0.00000280. The summed E-state index contributed by atoms with van der Waals surface area (Å²) in [6, 6.07) is 4.97. The molecule has 0 atom stereocenters. The van der Waals surface area contributed by atoms with E-state index in [1.54, 1.807) is 19.9 Å². The third-order valence-electron chi connectivity index (χ3n) is 5.41. The summed E-state index contributed by atoms with van der Waals surface area (Å²) in [6.07, 6.45) is 0.751. The van der Waals surface area contributed by atoms with Crippen LogP contribution in [0.4, 0.5) is 10.1 Å². The van der Waals surface area contributed by atoms with Gasteiger partial charge in [-0.3, -0.25) is 19.4 Å². The number of amides is 2. The zero-order valence-electron chi connectivity index (χ0n) is 16.5. The first-order valence-corrected chi connectivity index (χ1v) is 9.27. The van der Waals surface area contributed by atoms with Gasteiger partial charge >= 0.3 is 0 Å². The van der Waals surface area contributed by atoms with Crippen molar-refractivity contribution in [3.05, 3.63) is 35.2 Å². The van der Waals surface area contributed by atoms with Crippen LogP contribution in [-0.2, 0) is 9.59 Å². The van der Waals surface area contributed by atoms with Gasteiger partial charge in [0.2, 0.25) is 0 Å². The maximum Gasteiger partial charge on any atom is 0.256 e. The standard InChI is InChI=1S/C20H26FN3O3.ClH/c1-14-15(2)20(26)24(19(14)25)9-5-8-22-10-12-23(13-11-22)17-7-4-6-16(21)18(17)27-3;/h4,6-7H,5,8-13H2,1-3H3;1H. The van der Waals surface area contributed by atoms with Gasteiger partial charge in [0.15, 0.2) is 11.6 Å². The van der Waals surface area contributed by atoms with Crippen LogP contribution in [0.15, 0.2) is 29.3 Å². The van der Waals surface area contributed by atoms with Gasteiger partial charge in [-0.05, 0) is 38.9 Å². The average molecular weight is 412 g/mol. The zero-order chi connectivity index (χ0) is 19.6. The van der Waals surface area contributed by atoms with Crippen molar-refractivity contribution in [2.24, 2.45) is 0 Å². The molecule has 0 unspecified atom stereocenters. The molecule has 0 spiro atoms. The number of piperazine rings is 1. The summed E-state index contributed by atoms with van der Waals surface area (Å²) >= 11 is 0. The van der Waals surface area contributed by atoms with E-state index in [1.807, 2.05) is 6.07 Å². The second-order valence-corrected chi connectivity index (χ2v) is 6.99. The number of carbonyl (C=O) groups is 2. The first-order chi connectivity index (χ1) is 12.9. The SMILES string of the molecule is COc1c(F)cccc1N1CCN(CCCN2C(=O)C(C)=C(C)C2=O)CC1.Cl. The normalized spacial score (nSPS) is 18.0. The molecule has 0 bridgehead atoms. The third-order valence-corrected chi connectivity index (χ3v) is 5.41. The highest BCUT2D eigenvalue weighted by molar-refractivity contribution is 6.18. The molecule has 0 radical (unpaired) electrons. The minimum Gasteiger partial charge on any atom is -0.492 e. The molecule has 1 aromatic rings. The molecule has 1 saturated heterocycles. The van der Waals surface area contributed by atoms with E-state index in [9.17, 15) is 14.0 Å². The van der Waals surface area contributed by atoms with Gasteiger partial charge in [0, 0.05) is 43.9 Å². The van der Waals surface area contributed by atoms with E-state index in [0.29, 0.717) is 17.7 Å². The molecule has 0 N–H and O–H groups in total. The molecule has 0 saturated carbocycles. The Hall–Kier alpha value is -2.12. The summed E-state index contributed by atoms with van der Waals surface area (Å²) in [4.78, 5) is 29.9. The largest absolute Gasteiger partial charge is 0.492 e. The first kappa shape index (κ1) is 22.2. The van der Waals surface area contributed by atoms with Crippen molar-refractivity contribution in [2.45, 2.75) is 20.3 Å². The van der Waals surface area contributed by atoms with Crippen molar-refractivity contribution in [1.82, 2.24) is 9.80 Å². The van der Waals surface area contributed by atoms with Gasteiger partial charge < -0.3 is 9.64 Å². The number of hydrogen-bond donors (Lipinski definition) is 0. The first-order valence-electron chi connectivity index (χ1n) is 9.27. The van der Waals surface area contributed by atoms with Crippen molar-refractivity contribution < 1.29 is 18.7 Å². The lowest BCUT2D eigenvalue weighted by atomic mass is 10.2. The predicted octanol–water partition coefficient (Wildman–Crippen LogP) is 2.47. The van der Waals surface area contributed by atoms with E-state index in [0.717, 1.165) is 44.8 Å². The Morgan fingerprint density at radius 1 is 1.00 bits per heavy atom. The predicted molar refractivity (Wildman–Crippen MR) is 109 cm³/mol. The molecule has 2 amide bonds. The van der Waals surface area contributed by atoms with Gasteiger partial charge in [0.1, 0.15) is 0 Å². The van der Waals surface area contributed by atoms with Gasteiger partial charge in [0.05, 0.1) is 12.8 Å². The Labute approximate surface area is 171 Å². The highest BCUT2D eigenvalue weighted by Crippen LogP contribution is 2.31. The number of benzene rings is 1. The van der Waals surface area contributed by atoms with Crippen LogP contribution in [0, 0.1) is 5.82 Å². The molecule has 28 heavy (non-hydrogen) atoms. The Kier molecular flexibility index (Phi) is 7.43. The molecule has 8 heteroatoms. The number of methoxy groups -OCH3 is 1. The number of rotatable bonds is 6. The van der Waals surface area contributed by atoms with Crippen LogP contribution in [0.1, 0.15) is 20.3 Å². The fraction of sp³-hybridized carbons (Fsp3) is 0.500. The summed E-state index contributed by atoms with van der Waals surface area (Å²) < 4.78 is 19.1. The van der Waals surface area contributed by atoms with Gasteiger partial charge in [-0.1, -0.05) is 6.07 Å². The molecular formula is C20H27ClFN3O3. The molecule has 3 rings (SSSR count). The number of ether oxygens (including phenoxy) is 1. The summed E-state index contributed by atoms with van der Waals surface area (Å²) in [5.41, 5.74) is 1.89. The van der Waals surface area contributed by atoms with Crippen LogP contribution < -0.4 is 9.64 Å². The summed E-state index contributed by atoms with van der Waals surface area (Å²) in [7, 11) is 1.48. The number of anilines is 1. The van der Waals surface area contributed by atoms with Crippen molar-refractivity contribution in [3.8, 4) is 5.75 Å². The smallest absolute Gasteiger partial charge is 0.256 e. The number of hydrogen-bond acceptors (Lipinski definition) is 5. The minimum absolute atomic E-state index is 0. The van der Waals surface area contributed by atoms with Crippen molar-refractivity contribution in [3.63, 3.8) is 0 Å². The number of halogens is 2. The van der Waals surface area contributed by atoms with E-state index >= 15 is 0 Å². The van der Waals surface area contributed by atoms with Gasteiger partial charge in [0.25, 0.3) is 11.8 Å². The van der Waals surface area contributed by atoms with E-state index < -0.39 is 0 Å². The van der Waals surface area contributed by atoms with Gasteiger partial charge in [-0.2, -0.15) is 0 Å². The molecule has 2 aliphatic rings. The van der Waals surface area contributed by atoms with Crippen molar-refractivity contribution >= 4 is 29.9 Å². The maximum atomic E-state index is 13.9. The van der Waals surface area contributed by atoms with Crippen molar-refractivity contribution in [2.75, 3.05) is 51.3 Å². The second-order valence-electron chi connectivity index (χ2n) is 6.99. The van der Waals surface area contributed by atoms with Crippen LogP contribution in [0.3, 0.4) is 0 Å². The highest BCUT2D eigenvalue weighted by atomic mass is 35.5. The molecule has 2 heterocycles. The summed E-state index contributed by atoms with van der Waals surface area (Å²) in [6.45, 7) is 7.93. The lowest BCUT2D eigenvalue weighted by Gasteiger charge is -2.36. The van der Waals surface area contributed by atoms with Crippen LogP contribution in [0.5, 0.6) is 5.75 Å². The van der Waals surface area contributed by atoms with E-state index in [2.05, 4.69) is 9.80 Å². The van der Waals surface area contributed by atoms with Crippen LogP contribution >= 0.6 is 12.4 Å². The van der Waals surface area contributed by atoms with E-state index in [4.69, 9.17) is 4.74 Å². The number of nitrogens with zero attached hydrogens (tertiary/aromatic N) is 3. The monoisotopic (exact) mass is 411 g/mol. The molecular weight excluding hydrogens is 385 g/mol. The fourth-order valence-electron chi connectivity index (χ4n) is 3.63. The number of imide groups is 1. The topological polar surface area (TPSA) is 53.1 Å². The third kappa shape index (κ3) is 4.31. The van der Waals surface area contributed by atoms with Crippen molar-refractivity contribution in [1.29, 1.82) is 0 Å². The summed E-state index contributed by atoms with van der Waals surface area (Å²) in [5.74, 6) is -0.396. The molecule has 1 aromatic carbocycles. The summed E-state index contributed by atoms with van der Waals surface area (Å²) in [5, 5.41) is 0. The Morgan fingerprint density at radius 3 is 2.18 bits per heavy atom. The Morgan fingerprint density at radius 2 is 1.61 bits per heavy atom. The number of para-hydroxylation sites is 1. The highest BCUT2D eigenvalue weighted by Gasteiger charge is 2.32. The molecule has 2 aliphatic heterocycles.